The Labute approximate surface area is 143 Å². The summed E-state index contributed by atoms with van der Waals surface area (Å²) in [6, 6.07) is 4.93. The maximum atomic E-state index is 12.5. The zero-order valence-electron chi connectivity index (χ0n) is 14.4. The Morgan fingerprint density at radius 3 is 2.38 bits per heavy atom. The van der Waals surface area contributed by atoms with Crippen LogP contribution in [0.5, 0.6) is 0 Å². The SMILES string of the molecule is CCOC(=O)C(C)NC(=O)c1cccc(S(=O)(=O)N(CC)CC)c1. The van der Waals surface area contributed by atoms with Gasteiger partial charge in [-0.25, -0.2) is 13.2 Å². The quantitative estimate of drug-likeness (QED) is 0.711. The van der Waals surface area contributed by atoms with Crippen molar-refractivity contribution in [2.45, 2.75) is 38.6 Å². The second kappa shape index (κ2) is 8.79. The number of ether oxygens (including phenoxy) is 1. The molecule has 24 heavy (non-hydrogen) atoms. The highest BCUT2D eigenvalue weighted by atomic mass is 32.2. The molecule has 1 rings (SSSR count). The molecule has 7 nitrogen and oxygen atoms in total. The Kier molecular flexibility index (Phi) is 7.37. The van der Waals surface area contributed by atoms with Gasteiger partial charge in [-0.2, -0.15) is 4.31 Å². The van der Waals surface area contributed by atoms with Gasteiger partial charge in [-0.1, -0.05) is 19.9 Å². The van der Waals surface area contributed by atoms with E-state index in [1.165, 1.54) is 35.5 Å². The summed E-state index contributed by atoms with van der Waals surface area (Å²) >= 11 is 0. The van der Waals surface area contributed by atoms with Crippen molar-refractivity contribution in [1.82, 2.24) is 9.62 Å². The van der Waals surface area contributed by atoms with E-state index in [1.54, 1.807) is 20.8 Å². The molecule has 1 aromatic rings. The van der Waals surface area contributed by atoms with Crippen LogP contribution in [0, 0.1) is 0 Å². The summed E-state index contributed by atoms with van der Waals surface area (Å²) < 4.78 is 31.1. The predicted molar refractivity (Wildman–Crippen MR) is 90.1 cm³/mol. The third-order valence-corrected chi connectivity index (χ3v) is 5.47. The molecule has 1 N–H and O–H groups in total. The number of carbonyl (C=O) groups is 2. The molecule has 0 aromatic heterocycles. The minimum atomic E-state index is -3.65. The minimum absolute atomic E-state index is 0.0441. The van der Waals surface area contributed by atoms with Crippen molar-refractivity contribution in [2.24, 2.45) is 0 Å². The Morgan fingerprint density at radius 1 is 1.21 bits per heavy atom. The molecule has 0 saturated heterocycles. The number of nitrogens with one attached hydrogen (secondary N) is 1. The molecule has 8 heteroatoms. The van der Waals surface area contributed by atoms with Crippen LogP contribution < -0.4 is 5.32 Å². The van der Waals surface area contributed by atoms with E-state index in [4.69, 9.17) is 4.74 Å². The van der Waals surface area contributed by atoms with Gasteiger partial charge in [0.2, 0.25) is 10.0 Å². The van der Waals surface area contributed by atoms with Gasteiger partial charge in [-0.05, 0) is 32.0 Å². The summed E-state index contributed by atoms with van der Waals surface area (Å²) in [5.74, 6) is -1.08. The standard InChI is InChI=1S/C16H24N2O5S/c1-5-18(6-2)24(21,22)14-10-8-9-13(11-14)15(19)17-12(4)16(20)23-7-3/h8-12H,5-7H2,1-4H3,(H,17,19). The molecule has 0 spiro atoms. The van der Waals surface area contributed by atoms with Crippen molar-refractivity contribution in [1.29, 1.82) is 0 Å². The van der Waals surface area contributed by atoms with E-state index in [1.807, 2.05) is 0 Å². The van der Waals surface area contributed by atoms with Gasteiger partial charge in [0.15, 0.2) is 0 Å². The molecule has 134 valence electrons. The Morgan fingerprint density at radius 2 is 1.83 bits per heavy atom. The average molecular weight is 356 g/mol. The fraction of sp³-hybridized carbons (Fsp3) is 0.500. The molecule has 1 amide bonds. The molecule has 0 aliphatic carbocycles. The highest BCUT2D eigenvalue weighted by molar-refractivity contribution is 7.89. The predicted octanol–water partition coefficient (Wildman–Crippen LogP) is 1.40. The molecule has 0 saturated carbocycles. The lowest BCUT2D eigenvalue weighted by molar-refractivity contribution is -0.144. The number of hydrogen-bond donors (Lipinski definition) is 1. The molecule has 0 aliphatic rings. The summed E-state index contributed by atoms with van der Waals surface area (Å²) in [5, 5.41) is 2.49. The van der Waals surface area contributed by atoms with Gasteiger partial charge in [0.05, 0.1) is 11.5 Å². The van der Waals surface area contributed by atoms with Gasteiger partial charge in [0.1, 0.15) is 6.04 Å². The van der Waals surface area contributed by atoms with Gasteiger partial charge >= 0.3 is 5.97 Å². The normalized spacial score (nSPS) is 12.7. The minimum Gasteiger partial charge on any atom is -0.464 e. The topological polar surface area (TPSA) is 92.8 Å². The van der Waals surface area contributed by atoms with Crippen LogP contribution >= 0.6 is 0 Å². The number of amides is 1. The van der Waals surface area contributed by atoms with Crippen LogP contribution in [0.3, 0.4) is 0 Å². The van der Waals surface area contributed by atoms with Crippen LogP contribution in [-0.4, -0.2) is 50.3 Å². The number of nitrogens with zero attached hydrogens (tertiary/aromatic N) is 1. The van der Waals surface area contributed by atoms with E-state index in [9.17, 15) is 18.0 Å². The number of benzene rings is 1. The van der Waals surface area contributed by atoms with Crippen molar-refractivity contribution in [3.8, 4) is 0 Å². The van der Waals surface area contributed by atoms with E-state index in [0.29, 0.717) is 13.1 Å². The molecular weight excluding hydrogens is 332 g/mol. The lowest BCUT2D eigenvalue weighted by Crippen LogP contribution is -2.39. The van der Waals surface area contributed by atoms with Crippen LogP contribution in [-0.2, 0) is 19.6 Å². The molecule has 1 aromatic carbocycles. The van der Waals surface area contributed by atoms with E-state index in [0.717, 1.165) is 0 Å². The van der Waals surface area contributed by atoms with E-state index in [2.05, 4.69) is 5.32 Å². The number of rotatable bonds is 8. The fourth-order valence-electron chi connectivity index (χ4n) is 2.12. The van der Waals surface area contributed by atoms with Gasteiger partial charge in [-0.3, -0.25) is 4.79 Å². The van der Waals surface area contributed by atoms with E-state index < -0.39 is 27.9 Å². The average Bonchev–Trinajstić information content (AvgIpc) is 2.56. The van der Waals surface area contributed by atoms with Crippen molar-refractivity contribution >= 4 is 21.9 Å². The molecule has 1 atom stereocenters. The lowest BCUT2D eigenvalue weighted by Gasteiger charge is -2.19. The first-order valence-corrected chi connectivity index (χ1v) is 9.29. The van der Waals surface area contributed by atoms with Crippen LogP contribution in [0.2, 0.25) is 0 Å². The van der Waals surface area contributed by atoms with Gasteiger partial charge in [0, 0.05) is 18.7 Å². The van der Waals surface area contributed by atoms with Crippen LogP contribution in [0.1, 0.15) is 38.1 Å². The number of sulfonamides is 1. The van der Waals surface area contributed by atoms with Gasteiger partial charge in [-0.15, -0.1) is 0 Å². The third kappa shape index (κ3) is 4.78. The first kappa shape index (κ1) is 20.1. The third-order valence-electron chi connectivity index (χ3n) is 3.43. The van der Waals surface area contributed by atoms with Crippen LogP contribution in [0.25, 0.3) is 0 Å². The van der Waals surface area contributed by atoms with Crippen molar-refractivity contribution < 1.29 is 22.7 Å². The number of hydrogen-bond acceptors (Lipinski definition) is 5. The van der Waals surface area contributed by atoms with Crippen molar-refractivity contribution in [2.75, 3.05) is 19.7 Å². The summed E-state index contributed by atoms with van der Waals surface area (Å²) in [7, 11) is -3.65. The summed E-state index contributed by atoms with van der Waals surface area (Å²) in [4.78, 5) is 23.8. The Balaban J connectivity index is 3.00. The van der Waals surface area contributed by atoms with Crippen LogP contribution in [0.15, 0.2) is 29.2 Å². The highest BCUT2D eigenvalue weighted by Crippen LogP contribution is 2.17. The Bertz CT molecular complexity index is 683. The van der Waals surface area contributed by atoms with Gasteiger partial charge in [0.25, 0.3) is 5.91 Å². The molecular formula is C16H24N2O5S. The highest BCUT2D eigenvalue weighted by Gasteiger charge is 2.23. The molecule has 0 radical (unpaired) electrons. The molecule has 0 bridgehead atoms. The lowest BCUT2D eigenvalue weighted by atomic mass is 10.2. The molecule has 0 heterocycles. The van der Waals surface area contributed by atoms with Gasteiger partial charge < -0.3 is 10.1 Å². The van der Waals surface area contributed by atoms with Crippen LogP contribution in [0.4, 0.5) is 0 Å². The zero-order valence-corrected chi connectivity index (χ0v) is 15.2. The van der Waals surface area contributed by atoms with E-state index >= 15 is 0 Å². The monoisotopic (exact) mass is 356 g/mol. The second-order valence-corrected chi connectivity index (χ2v) is 7.00. The fourth-order valence-corrected chi connectivity index (χ4v) is 3.62. The smallest absolute Gasteiger partial charge is 0.328 e. The van der Waals surface area contributed by atoms with Crippen molar-refractivity contribution in [3.63, 3.8) is 0 Å². The first-order chi connectivity index (χ1) is 11.3. The zero-order chi connectivity index (χ0) is 18.3. The summed E-state index contributed by atoms with van der Waals surface area (Å²) in [5.41, 5.74) is 0.166. The maximum Gasteiger partial charge on any atom is 0.328 e. The number of carbonyl (C=O) groups excluding carboxylic acids is 2. The summed E-state index contributed by atoms with van der Waals surface area (Å²) in [6.45, 7) is 7.58. The summed E-state index contributed by atoms with van der Waals surface area (Å²) in [6.07, 6.45) is 0. The van der Waals surface area contributed by atoms with Crippen molar-refractivity contribution in [3.05, 3.63) is 29.8 Å². The molecule has 1 unspecified atom stereocenters. The molecule has 0 aliphatic heterocycles. The first-order valence-electron chi connectivity index (χ1n) is 7.85. The maximum absolute atomic E-state index is 12.5. The number of esters is 1. The van der Waals surface area contributed by atoms with E-state index in [-0.39, 0.29) is 17.1 Å². The second-order valence-electron chi connectivity index (χ2n) is 5.06. The Hall–Kier alpha value is -1.93. The molecule has 0 fully saturated rings. The largest absolute Gasteiger partial charge is 0.464 e.